The van der Waals surface area contributed by atoms with E-state index >= 15 is 0 Å². The van der Waals surface area contributed by atoms with E-state index in [1.54, 1.807) is 60.7 Å². The van der Waals surface area contributed by atoms with Crippen LogP contribution >= 0.6 is 0 Å². The summed E-state index contributed by atoms with van der Waals surface area (Å²) in [5.41, 5.74) is 2.87. The second-order valence-electron chi connectivity index (χ2n) is 6.33. The maximum Gasteiger partial charge on any atom is 0.266 e. The third-order valence-electron chi connectivity index (χ3n) is 4.47. The number of carbonyl (C=O) groups is 3. The molecule has 3 amide bonds. The number of hydrogen-bond donors (Lipinski definition) is 1. The molecule has 0 bridgehead atoms. The minimum atomic E-state index is -0.392. The first-order chi connectivity index (χ1) is 13.1. The van der Waals surface area contributed by atoms with Gasteiger partial charge in [0.15, 0.2) is 0 Å². The van der Waals surface area contributed by atoms with Gasteiger partial charge < -0.3 is 5.32 Å². The zero-order chi connectivity index (χ0) is 19.0. The van der Waals surface area contributed by atoms with E-state index in [9.17, 15) is 14.4 Å². The molecule has 3 aromatic rings. The van der Waals surface area contributed by atoms with Gasteiger partial charge in [0.1, 0.15) is 0 Å². The quantitative estimate of drug-likeness (QED) is 0.720. The summed E-state index contributed by atoms with van der Waals surface area (Å²) in [6.45, 7) is 1.87. The number of nitrogens with one attached hydrogen (secondary N) is 1. The molecule has 0 atom stereocenters. The van der Waals surface area contributed by atoms with Crippen LogP contribution in [0.3, 0.4) is 0 Å². The van der Waals surface area contributed by atoms with Crippen LogP contribution in [0.5, 0.6) is 0 Å². The Morgan fingerprint density at radius 3 is 2.04 bits per heavy atom. The molecule has 0 radical (unpaired) electrons. The standard InChI is InChI=1S/C22H16N2O3/c1-14-11-12-18(23-20(25)15-7-3-2-4-8-15)19(13-14)24-21(26)16-9-5-6-10-17(16)22(24)27/h2-13H,1H3,(H,23,25). The summed E-state index contributed by atoms with van der Waals surface area (Å²) in [5, 5.41) is 2.81. The molecule has 0 aromatic heterocycles. The van der Waals surface area contributed by atoms with Crippen molar-refractivity contribution >= 4 is 29.1 Å². The summed E-state index contributed by atoms with van der Waals surface area (Å²) in [6, 6.07) is 20.7. The lowest BCUT2D eigenvalue weighted by atomic mass is 10.1. The number of imide groups is 1. The van der Waals surface area contributed by atoms with Crippen LogP contribution in [0, 0.1) is 6.92 Å². The smallest absolute Gasteiger partial charge is 0.266 e. The van der Waals surface area contributed by atoms with Crippen molar-refractivity contribution in [1.29, 1.82) is 0 Å². The number of fused-ring (bicyclic) bond motifs is 1. The zero-order valence-electron chi connectivity index (χ0n) is 14.6. The van der Waals surface area contributed by atoms with Gasteiger partial charge in [-0.1, -0.05) is 36.4 Å². The second-order valence-corrected chi connectivity index (χ2v) is 6.33. The lowest BCUT2D eigenvalue weighted by Gasteiger charge is -2.19. The molecule has 132 valence electrons. The van der Waals surface area contributed by atoms with Crippen LogP contribution in [0.4, 0.5) is 11.4 Å². The minimum absolute atomic E-state index is 0.308. The van der Waals surface area contributed by atoms with E-state index in [1.165, 1.54) is 0 Å². The van der Waals surface area contributed by atoms with E-state index in [1.807, 2.05) is 19.1 Å². The Kier molecular flexibility index (Phi) is 4.05. The van der Waals surface area contributed by atoms with Crippen molar-refractivity contribution in [3.63, 3.8) is 0 Å². The Morgan fingerprint density at radius 2 is 1.41 bits per heavy atom. The normalized spacial score (nSPS) is 12.9. The van der Waals surface area contributed by atoms with Crippen LogP contribution in [0.15, 0.2) is 72.8 Å². The largest absolute Gasteiger partial charge is 0.320 e. The highest BCUT2D eigenvalue weighted by atomic mass is 16.2. The van der Waals surface area contributed by atoms with E-state index < -0.39 is 11.8 Å². The monoisotopic (exact) mass is 356 g/mol. The van der Waals surface area contributed by atoms with Crippen LogP contribution in [0.1, 0.15) is 36.6 Å². The van der Waals surface area contributed by atoms with Gasteiger partial charge in [-0.3, -0.25) is 14.4 Å². The van der Waals surface area contributed by atoms with Crippen molar-refractivity contribution in [2.75, 3.05) is 10.2 Å². The highest BCUT2D eigenvalue weighted by molar-refractivity contribution is 6.35. The van der Waals surface area contributed by atoms with Gasteiger partial charge in [0, 0.05) is 5.56 Å². The molecule has 4 rings (SSSR count). The summed E-state index contributed by atoms with van der Waals surface area (Å²) in [5.74, 6) is -1.09. The fraction of sp³-hybridized carbons (Fsp3) is 0.0455. The number of anilines is 2. The van der Waals surface area contributed by atoms with Crippen LogP contribution in [-0.2, 0) is 0 Å². The maximum absolute atomic E-state index is 12.8. The van der Waals surface area contributed by atoms with E-state index in [2.05, 4.69) is 5.32 Å². The molecule has 0 saturated heterocycles. The van der Waals surface area contributed by atoms with Gasteiger partial charge in [0.25, 0.3) is 17.7 Å². The number of nitrogens with zero attached hydrogens (tertiary/aromatic N) is 1. The maximum atomic E-state index is 12.8. The number of aryl methyl sites for hydroxylation is 1. The first-order valence-electron chi connectivity index (χ1n) is 8.51. The van der Waals surface area contributed by atoms with Gasteiger partial charge in [-0.25, -0.2) is 4.90 Å². The SMILES string of the molecule is Cc1ccc(NC(=O)c2ccccc2)c(N2C(=O)c3ccccc3C2=O)c1. The van der Waals surface area contributed by atoms with E-state index in [4.69, 9.17) is 0 Å². The molecule has 3 aromatic carbocycles. The molecule has 1 N–H and O–H groups in total. The van der Waals surface area contributed by atoms with Gasteiger partial charge >= 0.3 is 0 Å². The summed E-state index contributed by atoms with van der Waals surface area (Å²) >= 11 is 0. The molecule has 1 aliphatic rings. The lowest BCUT2D eigenvalue weighted by molar-refractivity contribution is 0.0924. The van der Waals surface area contributed by atoms with Gasteiger partial charge in [-0.15, -0.1) is 0 Å². The van der Waals surface area contributed by atoms with Crippen LogP contribution in [0.2, 0.25) is 0 Å². The molecule has 0 fully saturated rings. The Morgan fingerprint density at radius 1 is 0.815 bits per heavy atom. The van der Waals surface area contributed by atoms with Crippen LogP contribution < -0.4 is 10.2 Å². The summed E-state index contributed by atoms with van der Waals surface area (Å²) in [7, 11) is 0. The van der Waals surface area contributed by atoms with Crippen molar-refractivity contribution in [1.82, 2.24) is 0 Å². The second kappa shape index (κ2) is 6.53. The number of rotatable bonds is 3. The Hall–Kier alpha value is -3.73. The van der Waals surface area contributed by atoms with Crippen LogP contribution in [-0.4, -0.2) is 17.7 Å². The van der Waals surface area contributed by atoms with Gasteiger partial charge in [-0.05, 0) is 48.9 Å². The highest BCUT2D eigenvalue weighted by Gasteiger charge is 2.37. The first-order valence-corrected chi connectivity index (χ1v) is 8.51. The Balaban J connectivity index is 1.74. The molecule has 1 heterocycles. The number of hydrogen-bond acceptors (Lipinski definition) is 3. The average Bonchev–Trinajstić information content (AvgIpc) is 2.95. The van der Waals surface area contributed by atoms with Crippen molar-refractivity contribution in [2.45, 2.75) is 6.92 Å². The molecule has 5 heteroatoms. The molecule has 0 spiro atoms. The lowest BCUT2D eigenvalue weighted by Crippen LogP contribution is -2.30. The third kappa shape index (κ3) is 2.89. The summed E-state index contributed by atoms with van der Waals surface area (Å²) in [6.07, 6.45) is 0. The van der Waals surface area contributed by atoms with Crippen molar-refractivity contribution < 1.29 is 14.4 Å². The highest BCUT2D eigenvalue weighted by Crippen LogP contribution is 2.34. The fourth-order valence-electron chi connectivity index (χ4n) is 3.12. The predicted octanol–water partition coefficient (Wildman–Crippen LogP) is 4.05. The average molecular weight is 356 g/mol. The number of amides is 3. The topological polar surface area (TPSA) is 66.5 Å². The molecule has 27 heavy (non-hydrogen) atoms. The van der Waals surface area contributed by atoms with Crippen LogP contribution in [0.25, 0.3) is 0 Å². The van der Waals surface area contributed by atoms with E-state index in [0.717, 1.165) is 10.5 Å². The molecular weight excluding hydrogens is 340 g/mol. The Labute approximate surface area is 156 Å². The summed E-state index contributed by atoms with van der Waals surface area (Å²) in [4.78, 5) is 39.3. The van der Waals surface area contributed by atoms with E-state index in [-0.39, 0.29) is 5.91 Å². The molecule has 1 aliphatic heterocycles. The molecule has 0 aliphatic carbocycles. The van der Waals surface area contributed by atoms with Crippen molar-refractivity contribution in [2.24, 2.45) is 0 Å². The number of carbonyl (C=O) groups excluding carboxylic acids is 3. The van der Waals surface area contributed by atoms with Crippen molar-refractivity contribution in [3.05, 3.63) is 95.1 Å². The molecule has 0 saturated carbocycles. The fourth-order valence-corrected chi connectivity index (χ4v) is 3.12. The first kappa shape index (κ1) is 16.7. The Bertz CT molecular complexity index is 1040. The van der Waals surface area contributed by atoms with E-state index in [0.29, 0.717) is 28.1 Å². The molecule has 0 unspecified atom stereocenters. The van der Waals surface area contributed by atoms with Gasteiger partial charge in [-0.2, -0.15) is 0 Å². The van der Waals surface area contributed by atoms with Gasteiger partial charge in [0.2, 0.25) is 0 Å². The number of benzene rings is 3. The molecule has 5 nitrogen and oxygen atoms in total. The van der Waals surface area contributed by atoms with Gasteiger partial charge in [0.05, 0.1) is 22.5 Å². The van der Waals surface area contributed by atoms with Crippen molar-refractivity contribution in [3.8, 4) is 0 Å². The third-order valence-corrected chi connectivity index (χ3v) is 4.47. The minimum Gasteiger partial charge on any atom is -0.320 e. The predicted molar refractivity (Wildman–Crippen MR) is 103 cm³/mol. The zero-order valence-corrected chi connectivity index (χ0v) is 14.6. The summed E-state index contributed by atoms with van der Waals surface area (Å²) < 4.78 is 0. The molecular formula is C22H16N2O3.